The van der Waals surface area contributed by atoms with Gasteiger partial charge >= 0.3 is 23.9 Å². The van der Waals surface area contributed by atoms with Gasteiger partial charge in [0.1, 0.15) is 37.9 Å². The van der Waals surface area contributed by atoms with Crippen molar-refractivity contribution < 1.29 is 52.3 Å². The quantitative estimate of drug-likeness (QED) is 0.0738. The van der Waals surface area contributed by atoms with Gasteiger partial charge in [-0.3, -0.25) is 4.79 Å². The number of carbonyl (C=O) groups is 4. The van der Waals surface area contributed by atoms with E-state index in [1.165, 1.54) is 24.3 Å². The summed E-state index contributed by atoms with van der Waals surface area (Å²) in [5, 5.41) is 0. The highest BCUT2D eigenvalue weighted by atomic mass is 16.6. The highest BCUT2D eigenvalue weighted by molar-refractivity contribution is 5.92. The Hall–Kier alpha value is -4.22. The van der Waals surface area contributed by atoms with E-state index >= 15 is 0 Å². The summed E-state index contributed by atoms with van der Waals surface area (Å²) in [4.78, 5) is 47.1. The van der Waals surface area contributed by atoms with E-state index in [-0.39, 0.29) is 42.5 Å². The average molecular weight is 601 g/mol. The predicted molar refractivity (Wildman–Crippen MR) is 156 cm³/mol. The van der Waals surface area contributed by atoms with Gasteiger partial charge in [0.2, 0.25) is 0 Å². The molecule has 234 valence electrons. The van der Waals surface area contributed by atoms with Crippen molar-refractivity contribution in [3.8, 4) is 11.5 Å². The second kappa shape index (κ2) is 19.1. The molecule has 0 atom stereocenters. The summed E-state index contributed by atoms with van der Waals surface area (Å²) in [5.74, 6) is -1.19. The Bertz CT molecular complexity index is 1170. The molecule has 0 amide bonds. The van der Waals surface area contributed by atoms with Crippen LogP contribution in [0.1, 0.15) is 54.3 Å². The summed E-state index contributed by atoms with van der Waals surface area (Å²) in [5.41, 5.74) is 0.663. The van der Waals surface area contributed by atoms with Gasteiger partial charge < -0.3 is 33.2 Å². The van der Waals surface area contributed by atoms with Crippen molar-refractivity contribution in [3.63, 3.8) is 0 Å². The zero-order valence-corrected chi connectivity index (χ0v) is 25.0. The third-order valence-corrected chi connectivity index (χ3v) is 5.56. The van der Waals surface area contributed by atoms with Crippen molar-refractivity contribution in [2.75, 3.05) is 52.9 Å². The maximum Gasteiger partial charge on any atom is 0.343 e. The van der Waals surface area contributed by atoms with Crippen LogP contribution in [0.15, 0.2) is 61.2 Å². The third kappa shape index (κ3) is 15.5. The van der Waals surface area contributed by atoms with Gasteiger partial charge in [0, 0.05) is 12.5 Å². The first kappa shape index (κ1) is 35.0. The highest BCUT2D eigenvalue weighted by Gasteiger charge is 2.14. The standard InChI is InChI=1S/C32H40O11/c1-5-28(33)40-22-23-42-30(35)24-8-12-27(13-9-24)43-31(36)25-6-10-26(11-7-25)39-20-18-37-16-17-38-19-21-41-29(34)14-15-32(2,3)4/h5-13H,1,14-23H2,2-4H3. The summed E-state index contributed by atoms with van der Waals surface area (Å²) in [6.07, 6.45) is 2.19. The van der Waals surface area contributed by atoms with Gasteiger partial charge in [0.15, 0.2) is 0 Å². The molecule has 0 aliphatic heterocycles. The Kier molecular flexibility index (Phi) is 15.5. The van der Waals surface area contributed by atoms with E-state index in [1.54, 1.807) is 24.3 Å². The lowest BCUT2D eigenvalue weighted by molar-refractivity contribution is -0.146. The first-order chi connectivity index (χ1) is 20.6. The summed E-state index contributed by atoms with van der Waals surface area (Å²) in [6.45, 7) is 11.3. The van der Waals surface area contributed by atoms with E-state index in [2.05, 4.69) is 27.4 Å². The highest BCUT2D eigenvalue weighted by Crippen LogP contribution is 2.20. The molecule has 11 heteroatoms. The molecular weight excluding hydrogens is 560 g/mol. The fourth-order valence-electron chi connectivity index (χ4n) is 3.24. The van der Waals surface area contributed by atoms with Crippen LogP contribution >= 0.6 is 0 Å². The third-order valence-electron chi connectivity index (χ3n) is 5.56. The van der Waals surface area contributed by atoms with Gasteiger partial charge in [-0.15, -0.1) is 0 Å². The maximum absolute atomic E-state index is 12.5. The molecule has 0 radical (unpaired) electrons. The van der Waals surface area contributed by atoms with Crippen molar-refractivity contribution in [2.45, 2.75) is 33.6 Å². The fourth-order valence-corrected chi connectivity index (χ4v) is 3.24. The summed E-state index contributed by atoms with van der Waals surface area (Å²) in [6, 6.07) is 12.3. The van der Waals surface area contributed by atoms with Crippen LogP contribution in [0.3, 0.4) is 0 Å². The number of carbonyl (C=O) groups excluding carboxylic acids is 4. The lowest BCUT2D eigenvalue weighted by Gasteiger charge is -2.16. The van der Waals surface area contributed by atoms with Gasteiger partial charge in [-0.05, 0) is 60.4 Å². The minimum absolute atomic E-state index is 0.0835. The minimum atomic E-state index is -0.608. The van der Waals surface area contributed by atoms with Crippen molar-refractivity contribution in [2.24, 2.45) is 5.41 Å². The Morgan fingerprint density at radius 3 is 1.77 bits per heavy atom. The number of ether oxygens (including phenoxy) is 7. The van der Waals surface area contributed by atoms with Crippen molar-refractivity contribution in [1.82, 2.24) is 0 Å². The van der Waals surface area contributed by atoms with Crippen LogP contribution in [-0.2, 0) is 33.3 Å². The number of hydrogen-bond acceptors (Lipinski definition) is 11. The minimum Gasteiger partial charge on any atom is -0.491 e. The maximum atomic E-state index is 12.5. The van der Waals surface area contributed by atoms with Crippen LogP contribution < -0.4 is 9.47 Å². The molecule has 2 aromatic rings. The number of rotatable bonds is 19. The predicted octanol–water partition coefficient (Wildman–Crippen LogP) is 4.57. The average Bonchev–Trinajstić information content (AvgIpc) is 2.99. The van der Waals surface area contributed by atoms with Gasteiger partial charge in [-0.25, -0.2) is 14.4 Å². The Labute approximate surface area is 252 Å². The van der Waals surface area contributed by atoms with Crippen molar-refractivity contribution >= 4 is 23.9 Å². The van der Waals surface area contributed by atoms with Crippen LogP contribution in [0.5, 0.6) is 11.5 Å². The largest absolute Gasteiger partial charge is 0.491 e. The molecule has 0 unspecified atom stereocenters. The van der Waals surface area contributed by atoms with Crippen LogP contribution in [0, 0.1) is 5.41 Å². The number of hydrogen-bond donors (Lipinski definition) is 0. The Morgan fingerprint density at radius 2 is 1.16 bits per heavy atom. The van der Waals surface area contributed by atoms with Crippen LogP contribution in [0.25, 0.3) is 0 Å². The molecule has 43 heavy (non-hydrogen) atoms. The molecule has 2 rings (SSSR count). The van der Waals surface area contributed by atoms with Crippen molar-refractivity contribution in [1.29, 1.82) is 0 Å². The number of esters is 4. The van der Waals surface area contributed by atoms with E-state index in [4.69, 9.17) is 33.2 Å². The molecule has 0 saturated heterocycles. The van der Waals surface area contributed by atoms with E-state index in [9.17, 15) is 19.2 Å². The molecule has 0 bridgehead atoms. The second-order valence-corrected chi connectivity index (χ2v) is 10.3. The fraction of sp³-hybridized carbons (Fsp3) is 0.438. The van der Waals surface area contributed by atoms with E-state index in [0.717, 1.165) is 12.5 Å². The summed E-state index contributed by atoms with van der Waals surface area (Å²) in [7, 11) is 0. The molecule has 0 spiro atoms. The van der Waals surface area contributed by atoms with Crippen LogP contribution in [-0.4, -0.2) is 76.7 Å². The smallest absolute Gasteiger partial charge is 0.343 e. The SMILES string of the molecule is C=CC(=O)OCCOC(=O)c1ccc(OC(=O)c2ccc(OCCOCCOCCOC(=O)CCC(C)(C)C)cc2)cc1. The normalized spacial score (nSPS) is 10.9. The molecule has 0 aliphatic carbocycles. The van der Waals surface area contributed by atoms with E-state index < -0.39 is 17.9 Å². The molecule has 0 aliphatic rings. The summed E-state index contributed by atoms with van der Waals surface area (Å²) < 4.78 is 36.7. The Balaban J connectivity index is 1.57. The van der Waals surface area contributed by atoms with Gasteiger partial charge in [-0.2, -0.15) is 0 Å². The molecule has 0 saturated carbocycles. The second-order valence-electron chi connectivity index (χ2n) is 10.3. The molecular formula is C32H40O11. The molecule has 0 heterocycles. The van der Waals surface area contributed by atoms with Crippen LogP contribution in [0.4, 0.5) is 0 Å². The molecule has 0 N–H and O–H groups in total. The van der Waals surface area contributed by atoms with Gasteiger partial charge in [0.25, 0.3) is 0 Å². The lowest BCUT2D eigenvalue weighted by atomic mass is 9.91. The molecule has 0 fully saturated rings. The molecule has 0 aromatic heterocycles. The zero-order valence-electron chi connectivity index (χ0n) is 25.0. The van der Waals surface area contributed by atoms with Gasteiger partial charge in [0.05, 0.1) is 37.6 Å². The van der Waals surface area contributed by atoms with Crippen molar-refractivity contribution in [3.05, 3.63) is 72.3 Å². The van der Waals surface area contributed by atoms with Crippen LogP contribution in [0.2, 0.25) is 0 Å². The topological polar surface area (TPSA) is 133 Å². The first-order valence-electron chi connectivity index (χ1n) is 13.9. The Morgan fingerprint density at radius 1 is 0.651 bits per heavy atom. The number of benzene rings is 2. The van der Waals surface area contributed by atoms with E-state index in [1.807, 2.05) is 0 Å². The van der Waals surface area contributed by atoms with E-state index in [0.29, 0.717) is 50.8 Å². The first-order valence-corrected chi connectivity index (χ1v) is 13.9. The van der Waals surface area contributed by atoms with Gasteiger partial charge in [-0.1, -0.05) is 27.4 Å². The summed E-state index contributed by atoms with van der Waals surface area (Å²) >= 11 is 0. The monoisotopic (exact) mass is 600 g/mol. The zero-order chi connectivity index (χ0) is 31.5. The molecule has 2 aromatic carbocycles. The lowest BCUT2D eigenvalue weighted by Crippen LogP contribution is -2.15. The molecule has 11 nitrogen and oxygen atoms in total.